The summed E-state index contributed by atoms with van der Waals surface area (Å²) < 4.78 is 131. The summed E-state index contributed by atoms with van der Waals surface area (Å²) in [5.74, 6) is 1.41. The van der Waals surface area contributed by atoms with E-state index in [1.165, 1.54) is 11.1 Å². The fraction of sp³-hybridized carbons (Fsp3) is 0.333. The molecule has 2 heterocycles. The molecule has 2 atom stereocenters. The number of hydrogen-bond acceptors (Lipinski definition) is 4. The molecule has 0 aliphatic carbocycles. The number of rotatable bonds is 4. The van der Waals surface area contributed by atoms with Crippen molar-refractivity contribution in [3.8, 4) is 0 Å². The zero-order valence-electron chi connectivity index (χ0n) is 20.3. The van der Waals surface area contributed by atoms with Gasteiger partial charge in [-0.15, -0.1) is 0 Å². The summed E-state index contributed by atoms with van der Waals surface area (Å²) in [6.07, 6.45) is 0. The molecule has 0 bridgehead atoms. The molecule has 0 fully saturated rings. The van der Waals surface area contributed by atoms with E-state index >= 15 is 0 Å². The number of hydrogen-bond donors (Lipinski definition) is 0. The van der Waals surface area contributed by atoms with Crippen LogP contribution in [0.2, 0.25) is 0 Å². The molecular weight excluding hydrogens is 847 g/mol. The summed E-state index contributed by atoms with van der Waals surface area (Å²) in [7, 11) is 0. The molecule has 4 nitrogen and oxygen atoms in total. The Morgan fingerprint density at radius 2 is 0.825 bits per heavy atom. The van der Waals surface area contributed by atoms with Gasteiger partial charge in [-0.1, -0.05) is 60.7 Å². The SMILES string of the molecule is CC(C)(C1=N[C@H](c2ccccc2)CO1)C1=N[C@H](c2ccccc2)CO1.[Cu+2].[F][Sb-]([F])([F])([F])([F])[F].[F][Sb-]([F])([F])([F])([F])[F]. The molecule has 40 heavy (non-hydrogen) atoms. The molecule has 1 radical (unpaired) electrons. The molecule has 2 aromatic rings. The molecule has 0 amide bonds. The van der Waals surface area contributed by atoms with E-state index in [9.17, 15) is 33.8 Å². The Hall–Kier alpha value is -1.30. The predicted molar refractivity (Wildman–Crippen MR) is 124 cm³/mol. The Morgan fingerprint density at radius 1 is 0.575 bits per heavy atom. The molecule has 233 valence electrons. The van der Waals surface area contributed by atoms with E-state index in [0.717, 1.165) is 0 Å². The Balaban J connectivity index is 0.000000446. The van der Waals surface area contributed by atoms with Gasteiger partial charge in [-0.2, -0.15) is 0 Å². The van der Waals surface area contributed by atoms with Gasteiger partial charge in [-0.3, -0.25) is 0 Å². The standard InChI is InChI=1S/C21H22N2O2.Cu.12FH.2Sb/c1-21(2,19-22-17(13-24-19)15-9-5-3-6-10-15)20-23-18(14-25-20)16-11-7-4-8-12-16;;;;;;;;;;;;;;;/h3-12,17-18H,13-14H2,1-2H3;;12*1H;;/q;+2;;;;;;;;;;;;;2*+5/p-12/t17-,18-;;;;;;;;;;;;;;;/m0.............../s1. The van der Waals surface area contributed by atoms with Gasteiger partial charge in [0.25, 0.3) is 0 Å². The monoisotopic (exact) mass is 867 g/mol. The first-order valence-electron chi connectivity index (χ1n) is 10.7. The van der Waals surface area contributed by atoms with E-state index in [0.29, 0.717) is 25.0 Å². The average molecular weight is 869 g/mol. The van der Waals surface area contributed by atoms with Crippen molar-refractivity contribution in [2.75, 3.05) is 13.2 Å². The first-order chi connectivity index (χ1) is 17.0. The fourth-order valence-electron chi connectivity index (χ4n) is 3.21. The third-order valence-electron chi connectivity index (χ3n) is 4.74. The van der Waals surface area contributed by atoms with Crippen molar-refractivity contribution in [3.05, 3.63) is 71.8 Å². The van der Waals surface area contributed by atoms with Gasteiger partial charge in [0.05, 0.1) is 0 Å². The number of aliphatic imine (C=N–C) groups is 2. The summed E-state index contributed by atoms with van der Waals surface area (Å²) >= 11 is -22.5. The number of ether oxygens (including phenoxy) is 2. The van der Waals surface area contributed by atoms with Crippen LogP contribution >= 0.6 is 0 Å². The third-order valence-corrected chi connectivity index (χ3v) is 4.74. The van der Waals surface area contributed by atoms with Crippen LogP contribution < -0.4 is 0 Å². The third kappa shape index (κ3) is 16.8. The topological polar surface area (TPSA) is 43.2 Å². The van der Waals surface area contributed by atoms with Gasteiger partial charge in [0.1, 0.15) is 30.7 Å². The van der Waals surface area contributed by atoms with Crippen LogP contribution in [0, 0.1) is 5.41 Å². The summed E-state index contributed by atoms with van der Waals surface area (Å²) in [5, 5.41) is 0. The van der Waals surface area contributed by atoms with Crippen molar-refractivity contribution in [1.82, 2.24) is 0 Å². The summed E-state index contributed by atoms with van der Waals surface area (Å²) in [5.41, 5.74) is 1.88. The minimum absolute atomic E-state index is 0. The molecule has 2 aromatic carbocycles. The molecule has 2 aliphatic heterocycles. The van der Waals surface area contributed by atoms with Crippen molar-refractivity contribution < 1.29 is 60.3 Å². The second-order valence-corrected chi connectivity index (χ2v) is 19.8. The van der Waals surface area contributed by atoms with E-state index in [1.807, 2.05) is 36.4 Å². The first-order valence-corrected chi connectivity index (χ1v) is 22.3. The van der Waals surface area contributed by atoms with Crippen molar-refractivity contribution >= 4 is 50.7 Å². The fourth-order valence-corrected chi connectivity index (χ4v) is 3.21. The van der Waals surface area contributed by atoms with Gasteiger partial charge in [-0.25, -0.2) is 9.98 Å². The first kappa shape index (κ1) is 36.7. The minimum atomic E-state index is -11.2. The molecule has 0 spiro atoms. The maximum absolute atomic E-state index is 11.2. The molecule has 0 unspecified atom stereocenters. The Bertz CT molecular complexity index is 1100. The molecule has 19 heteroatoms. The zero-order chi connectivity index (χ0) is 30.1. The van der Waals surface area contributed by atoms with Gasteiger partial charge >= 0.3 is 89.8 Å². The maximum atomic E-state index is 9.93. The van der Waals surface area contributed by atoms with Crippen LogP contribution in [0.4, 0.5) is 33.8 Å². The van der Waals surface area contributed by atoms with E-state index in [1.54, 1.807) is 0 Å². The average Bonchev–Trinajstić information content (AvgIpc) is 3.41. The number of nitrogens with zero attached hydrogens (tertiary/aromatic N) is 2. The van der Waals surface area contributed by atoms with Crippen molar-refractivity contribution in [2.24, 2.45) is 15.4 Å². The Labute approximate surface area is 236 Å². The van der Waals surface area contributed by atoms with Crippen LogP contribution in [0.3, 0.4) is 0 Å². The van der Waals surface area contributed by atoms with E-state index < -0.39 is 44.4 Å². The number of benzene rings is 2. The van der Waals surface area contributed by atoms with Crippen molar-refractivity contribution in [2.45, 2.75) is 25.9 Å². The van der Waals surface area contributed by atoms with Crippen LogP contribution in [0.25, 0.3) is 0 Å². The summed E-state index contributed by atoms with van der Waals surface area (Å²) in [6.45, 7) is 5.26. The van der Waals surface area contributed by atoms with E-state index in [-0.39, 0.29) is 29.2 Å². The molecule has 4 rings (SSSR count). The molecular formula is C21H22CuF12N2O2Sb2. The van der Waals surface area contributed by atoms with Crippen LogP contribution in [0.1, 0.15) is 37.1 Å². The molecule has 2 aliphatic rings. The number of halogens is 12. The van der Waals surface area contributed by atoms with Gasteiger partial charge in [0, 0.05) is 0 Å². The molecule has 0 N–H and O–H groups in total. The second-order valence-electron chi connectivity index (χ2n) is 8.89. The normalized spacial score (nSPS) is 22.4. The van der Waals surface area contributed by atoms with Crippen LogP contribution in [0.5, 0.6) is 0 Å². The predicted octanol–water partition coefficient (Wildman–Crippen LogP) is 8.63. The molecule has 0 saturated heterocycles. The zero-order valence-corrected chi connectivity index (χ0v) is 26.3. The second kappa shape index (κ2) is 10.8. The van der Waals surface area contributed by atoms with E-state index in [4.69, 9.17) is 19.5 Å². The van der Waals surface area contributed by atoms with Crippen LogP contribution in [-0.4, -0.2) is 64.0 Å². The van der Waals surface area contributed by atoms with Gasteiger partial charge in [-0.05, 0) is 25.0 Å². The molecule has 0 aromatic heterocycles. The van der Waals surface area contributed by atoms with Crippen LogP contribution in [-0.2, 0) is 26.5 Å². The van der Waals surface area contributed by atoms with Crippen molar-refractivity contribution in [3.63, 3.8) is 0 Å². The molecule has 0 saturated carbocycles. The quantitative estimate of drug-likeness (QED) is 0.228. The summed E-state index contributed by atoms with van der Waals surface area (Å²) in [4.78, 5) is 9.61. The Kier molecular flexibility index (Phi) is 9.87. The van der Waals surface area contributed by atoms with Crippen molar-refractivity contribution in [1.29, 1.82) is 0 Å². The van der Waals surface area contributed by atoms with Crippen LogP contribution in [0.15, 0.2) is 70.6 Å². The van der Waals surface area contributed by atoms with Gasteiger partial charge in [0.15, 0.2) is 11.8 Å². The van der Waals surface area contributed by atoms with E-state index in [2.05, 4.69) is 38.1 Å². The van der Waals surface area contributed by atoms with Gasteiger partial charge < -0.3 is 9.47 Å². The Morgan fingerprint density at radius 3 is 1.07 bits per heavy atom. The van der Waals surface area contributed by atoms with Gasteiger partial charge in [0.2, 0.25) is 0 Å². The summed E-state index contributed by atoms with van der Waals surface area (Å²) in [6, 6.07) is 20.6.